The zero-order chi connectivity index (χ0) is 14.4. The van der Waals surface area contributed by atoms with Crippen molar-refractivity contribution in [3.05, 3.63) is 29.3 Å². The van der Waals surface area contributed by atoms with Gasteiger partial charge >= 0.3 is 0 Å². The van der Waals surface area contributed by atoms with Gasteiger partial charge in [0.1, 0.15) is 0 Å². The molecule has 0 unspecified atom stereocenters. The Morgan fingerprint density at radius 2 is 2.05 bits per heavy atom. The zero-order valence-electron chi connectivity index (χ0n) is 11.5. The van der Waals surface area contributed by atoms with Crippen molar-refractivity contribution in [2.75, 3.05) is 18.4 Å². The quantitative estimate of drug-likeness (QED) is 0.782. The van der Waals surface area contributed by atoms with E-state index in [1.54, 1.807) is 24.3 Å². The highest BCUT2D eigenvalue weighted by Gasteiger charge is 2.28. The number of anilines is 1. The van der Waals surface area contributed by atoms with Crippen molar-refractivity contribution in [2.24, 2.45) is 0 Å². The molecule has 2 rings (SSSR count). The lowest BCUT2D eigenvalue weighted by Gasteiger charge is -2.32. The van der Waals surface area contributed by atoms with Crippen LogP contribution in [0.25, 0.3) is 0 Å². The molecule has 1 fully saturated rings. The van der Waals surface area contributed by atoms with E-state index >= 15 is 0 Å². The Bertz CT molecular complexity index is 459. The van der Waals surface area contributed by atoms with Gasteiger partial charge in [-0.25, -0.2) is 0 Å². The summed E-state index contributed by atoms with van der Waals surface area (Å²) in [7, 11) is 0. The van der Waals surface area contributed by atoms with Gasteiger partial charge in [0.25, 0.3) is 0 Å². The Kier molecular flexibility index (Phi) is 5.40. The lowest BCUT2D eigenvalue weighted by Crippen LogP contribution is -2.44. The van der Waals surface area contributed by atoms with E-state index in [0.717, 1.165) is 25.7 Å². The molecule has 5 heteroatoms. The van der Waals surface area contributed by atoms with E-state index in [9.17, 15) is 9.90 Å². The van der Waals surface area contributed by atoms with Gasteiger partial charge in [0.15, 0.2) is 0 Å². The molecular weight excluding hydrogens is 276 g/mol. The van der Waals surface area contributed by atoms with Crippen LogP contribution in [-0.4, -0.2) is 29.7 Å². The van der Waals surface area contributed by atoms with Crippen LogP contribution in [0.3, 0.4) is 0 Å². The first kappa shape index (κ1) is 15.3. The lowest BCUT2D eigenvalue weighted by molar-refractivity contribution is -0.115. The summed E-state index contributed by atoms with van der Waals surface area (Å²) in [6.07, 6.45) is 4.95. The first-order chi connectivity index (χ1) is 9.57. The van der Waals surface area contributed by atoms with Crippen molar-refractivity contribution in [3.63, 3.8) is 0 Å². The van der Waals surface area contributed by atoms with E-state index in [2.05, 4.69) is 10.6 Å². The number of rotatable bonds is 5. The number of hydrogen-bond acceptors (Lipinski definition) is 3. The molecule has 0 saturated heterocycles. The molecule has 1 aromatic rings. The summed E-state index contributed by atoms with van der Waals surface area (Å²) < 4.78 is 0. The number of benzene rings is 1. The number of carbonyl (C=O) groups is 1. The molecule has 0 aliphatic heterocycles. The van der Waals surface area contributed by atoms with Gasteiger partial charge in [-0.1, -0.05) is 36.9 Å². The number of amides is 1. The summed E-state index contributed by atoms with van der Waals surface area (Å²) in [5.74, 6) is -0.133. The van der Waals surface area contributed by atoms with Gasteiger partial charge in [-0.3, -0.25) is 4.79 Å². The van der Waals surface area contributed by atoms with Crippen molar-refractivity contribution in [1.29, 1.82) is 0 Å². The third-order valence-electron chi connectivity index (χ3n) is 3.63. The van der Waals surface area contributed by atoms with Gasteiger partial charge < -0.3 is 15.7 Å². The Hall–Kier alpha value is -1.10. The van der Waals surface area contributed by atoms with E-state index < -0.39 is 5.60 Å². The molecule has 20 heavy (non-hydrogen) atoms. The Balaban J connectivity index is 1.72. The average molecular weight is 297 g/mol. The fraction of sp³-hybridized carbons (Fsp3) is 0.533. The van der Waals surface area contributed by atoms with Crippen molar-refractivity contribution in [2.45, 2.75) is 37.7 Å². The molecule has 1 aromatic carbocycles. The number of aliphatic hydroxyl groups is 1. The molecule has 0 radical (unpaired) electrons. The second-order valence-corrected chi connectivity index (χ2v) is 5.88. The molecule has 110 valence electrons. The van der Waals surface area contributed by atoms with Crippen LogP contribution in [0.5, 0.6) is 0 Å². The van der Waals surface area contributed by atoms with Crippen LogP contribution in [0.4, 0.5) is 5.69 Å². The number of hydrogen-bond donors (Lipinski definition) is 3. The fourth-order valence-electron chi connectivity index (χ4n) is 2.57. The van der Waals surface area contributed by atoms with Crippen LogP contribution < -0.4 is 10.6 Å². The second kappa shape index (κ2) is 7.07. The molecule has 0 heterocycles. The summed E-state index contributed by atoms with van der Waals surface area (Å²) in [6, 6.07) is 7.04. The summed E-state index contributed by atoms with van der Waals surface area (Å²) in [4.78, 5) is 11.8. The SMILES string of the molecule is O=C(CNCC1(O)CCCCC1)Nc1cccc(Cl)c1. The minimum atomic E-state index is -0.644. The number of halogens is 1. The maximum absolute atomic E-state index is 11.8. The second-order valence-electron chi connectivity index (χ2n) is 5.45. The molecule has 3 N–H and O–H groups in total. The summed E-state index contributed by atoms with van der Waals surface area (Å²) in [6.45, 7) is 0.658. The van der Waals surface area contributed by atoms with E-state index in [-0.39, 0.29) is 12.5 Å². The lowest BCUT2D eigenvalue weighted by atomic mass is 9.85. The van der Waals surface area contributed by atoms with Crippen molar-refractivity contribution in [1.82, 2.24) is 5.32 Å². The third kappa shape index (κ3) is 4.78. The summed E-state index contributed by atoms with van der Waals surface area (Å²) in [5, 5.41) is 16.7. The van der Waals surface area contributed by atoms with Crippen LogP contribution in [0.2, 0.25) is 5.02 Å². The first-order valence-corrected chi connectivity index (χ1v) is 7.44. The normalized spacial score (nSPS) is 17.7. The highest BCUT2D eigenvalue weighted by Crippen LogP contribution is 2.27. The van der Waals surface area contributed by atoms with Crippen molar-refractivity contribution >= 4 is 23.2 Å². The predicted octanol–water partition coefficient (Wildman–Crippen LogP) is 2.56. The Morgan fingerprint density at radius 3 is 2.75 bits per heavy atom. The van der Waals surface area contributed by atoms with E-state index in [0.29, 0.717) is 17.3 Å². The molecule has 1 amide bonds. The predicted molar refractivity (Wildman–Crippen MR) is 81.0 cm³/mol. The van der Waals surface area contributed by atoms with Crippen LogP contribution in [0.1, 0.15) is 32.1 Å². The highest BCUT2D eigenvalue weighted by molar-refractivity contribution is 6.30. The topological polar surface area (TPSA) is 61.4 Å². The molecule has 4 nitrogen and oxygen atoms in total. The van der Waals surface area contributed by atoms with E-state index in [4.69, 9.17) is 11.6 Å². The third-order valence-corrected chi connectivity index (χ3v) is 3.87. The van der Waals surface area contributed by atoms with Gasteiger partial charge in [0, 0.05) is 17.3 Å². The molecule has 0 aromatic heterocycles. The largest absolute Gasteiger partial charge is 0.389 e. The minimum absolute atomic E-state index is 0.133. The molecule has 0 spiro atoms. The average Bonchev–Trinajstić information content (AvgIpc) is 2.39. The van der Waals surface area contributed by atoms with Crippen LogP contribution in [0.15, 0.2) is 24.3 Å². The van der Waals surface area contributed by atoms with Crippen molar-refractivity contribution in [3.8, 4) is 0 Å². The van der Waals surface area contributed by atoms with Gasteiger partial charge in [-0.2, -0.15) is 0 Å². The first-order valence-electron chi connectivity index (χ1n) is 7.06. The van der Waals surface area contributed by atoms with E-state index in [1.165, 1.54) is 6.42 Å². The maximum Gasteiger partial charge on any atom is 0.238 e. The molecule has 0 bridgehead atoms. The smallest absolute Gasteiger partial charge is 0.238 e. The van der Waals surface area contributed by atoms with Gasteiger partial charge in [0.05, 0.1) is 12.1 Å². The molecule has 1 saturated carbocycles. The Labute approximate surface area is 124 Å². The molecular formula is C15H21ClN2O2. The summed E-state index contributed by atoms with van der Waals surface area (Å²) >= 11 is 5.85. The van der Waals surface area contributed by atoms with Gasteiger partial charge in [0.2, 0.25) is 5.91 Å². The fourth-order valence-corrected chi connectivity index (χ4v) is 2.76. The van der Waals surface area contributed by atoms with Crippen LogP contribution in [-0.2, 0) is 4.79 Å². The maximum atomic E-state index is 11.8. The standard InChI is InChI=1S/C15H21ClN2O2/c16-12-5-4-6-13(9-12)18-14(19)10-17-11-15(20)7-2-1-3-8-15/h4-6,9,17,20H,1-3,7-8,10-11H2,(H,18,19). The van der Waals surface area contributed by atoms with Gasteiger partial charge in [-0.15, -0.1) is 0 Å². The van der Waals surface area contributed by atoms with Crippen molar-refractivity contribution < 1.29 is 9.90 Å². The van der Waals surface area contributed by atoms with Crippen LogP contribution in [0, 0.1) is 0 Å². The highest BCUT2D eigenvalue weighted by atomic mass is 35.5. The monoisotopic (exact) mass is 296 g/mol. The Morgan fingerprint density at radius 1 is 1.30 bits per heavy atom. The van der Waals surface area contributed by atoms with Crippen LogP contribution >= 0.6 is 11.6 Å². The number of carbonyl (C=O) groups excluding carboxylic acids is 1. The zero-order valence-corrected chi connectivity index (χ0v) is 12.2. The van der Waals surface area contributed by atoms with Gasteiger partial charge in [-0.05, 0) is 31.0 Å². The molecule has 1 aliphatic carbocycles. The molecule has 1 aliphatic rings. The number of nitrogens with one attached hydrogen (secondary N) is 2. The summed E-state index contributed by atoms with van der Waals surface area (Å²) in [5.41, 5.74) is 0.0369. The minimum Gasteiger partial charge on any atom is -0.389 e. The molecule has 0 atom stereocenters. The van der Waals surface area contributed by atoms with E-state index in [1.807, 2.05) is 0 Å².